The van der Waals surface area contributed by atoms with Gasteiger partial charge in [-0.2, -0.15) is 0 Å². The molecule has 33 heavy (non-hydrogen) atoms. The zero-order valence-corrected chi connectivity index (χ0v) is 20.4. The smallest absolute Gasteiger partial charge is 0.142 e. The van der Waals surface area contributed by atoms with Crippen molar-refractivity contribution in [1.82, 2.24) is 9.80 Å². The number of para-hydroxylation sites is 2. The first-order valence-corrected chi connectivity index (χ1v) is 12.6. The van der Waals surface area contributed by atoms with Crippen molar-refractivity contribution in [3.8, 4) is 5.75 Å². The van der Waals surface area contributed by atoms with E-state index in [-0.39, 0.29) is 5.54 Å². The van der Waals surface area contributed by atoms with Gasteiger partial charge < -0.3 is 24.4 Å². The van der Waals surface area contributed by atoms with Crippen molar-refractivity contribution >= 4 is 5.69 Å². The molecule has 0 bridgehead atoms. The first kappa shape index (κ1) is 24.3. The van der Waals surface area contributed by atoms with Gasteiger partial charge in [-0.3, -0.25) is 4.90 Å². The molecule has 2 fully saturated rings. The van der Waals surface area contributed by atoms with Crippen LogP contribution in [0.4, 0.5) is 5.69 Å². The molecule has 6 heteroatoms. The van der Waals surface area contributed by atoms with Gasteiger partial charge in [0.1, 0.15) is 12.0 Å². The molecular weight excluding hydrogens is 414 g/mol. The summed E-state index contributed by atoms with van der Waals surface area (Å²) in [6, 6.07) is 8.06. The van der Waals surface area contributed by atoms with Crippen LogP contribution in [0.3, 0.4) is 0 Å². The summed E-state index contributed by atoms with van der Waals surface area (Å²) < 4.78 is 11.5. The van der Waals surface area contributed by atoms with Crippen LogP contribution in [0.15, 0.2) is 48.6 Å². The fourth-order valence-corrected chi connectivity index (χ4v) is 5.58. The molecule has 1 aliphatic carbocycles. The Kier molecular flexibility index (Phi) is 8.47. The zero-order chi connectivity index (χ0) is 23.1. The largest absolute Gasteiger partial charge is 0.495 e. The Morgan fingerprint density at radius 3 is 2.58 bits per heavy atom. The van der Waals surface area contributed by atoms with Crippen molar-refractivity contribution in [2.45, 2.75) is 44.4 Å². The number of allylic oxidation sites excluding steroid dienone is 3. The highest BCUT2D eigenvalue weighted by molar-refractivity contribution is 5.59. The molecule has 2 unspecified atom stereocenters. The zero-order valence-electron chi connectivity index (χ0n) is 20.4. The number of piperazine rings is 1. The van der Waals surface area contributed by atoms with Crippen LogP contribution in [-0.2, 0) is 4.74 Å². The van der Waals surface area contributed by atoms with Gasteiger partial charge in [0.05, 0.1) is 12.8 Å². The Bertz CT molecular complexity index is 798. The van der Waals surface area contributed by atoms with E-state index in [1.807, 2.05) is 25.1 Å². The molecule has 0 spiro atoms. The maximum atomic E-state index is 11.1. The van der Waals surface area contributed by atoms with Gasteiger partial charge in [-0.05, 0) is 43.7 Å². The monoisotopic (exact) mass is 455 g/mol. The quantitative estimate of drug-likeness (QED) is 0.575. The van der Waals surface area contributed by atoms with Crippen LogP contribution in [0.2, 0.25) is 0 Å². The molecule has 3 aliphatic rings. The van der Waals surface area contributed by atoms with Gasteiger partial charge in [0, 0.05) is 58.0 Å². The first-order chi connectivity index (χ1) is 16.1. The number of hydrogen-bond donors (Lipinski definition) is 1. The second-order valence-corrected chi connectivity index (χ2v) is 9.62. The summed E-state index contributed by atoms with van der Waals surface area (Å²) in [5, 5.41) is 11.1. The van der Waals surface area contributed by atoms with E-state index in [1.54, 1.807) is 7.11 Å². The van der Waals surface area contributed by atoms with Crippen LogP contribution in [0, 0.1) is 5.92 Å². The summed E-state index contributed by atoms with van der Waals surface area (Å²) in [7, 11) is 1.70. The third kappa shape index (κ3) is 5.80. The van der Waals surface area contributed by atoms with E-state index in [9.17, 15) is 5.11 Å². The van der Waals surface area contributed by atoms with Crippen LogP contribution in [0.5, 0.6) is 5.75 Å². The second kappa shape index (κ2) is 11.5. The minimum atomic E-state index is -0.548. The number of anilines is 1. The SMILES string of the molecule is CCC(O)N(CC1(N2CCN(CC3C=CC=CC3)CC2)CCOCC1)c1ccccc1OC. The normalized spacial score (nSPS) is 24.5. The third-order valence-corrected chi connectivity index (χ3v) is 7.61. The molecule has 0 saturated carbocycles. The highest BCUT2D eigenvalue weighted by Gasteiger charge is 2.42. The fourth-order valence-electron chi connectivity index (χ4n) is 5.58. The Hall–Kier alpha value is -1.86. The van der Waals surface area contributed by atoms with Crippen molar-refractivity contribution in [3.63, 3.8) is 0 Å². The van der Waals surface area contributed by atoms with E-state index >= 15 is 0 Å². The number of methoxy groups -OCH3 is 1. The predicted molar refractivity (Wildman–Crippen MR) is 134 cm³/mol. The lowest BCUT2D eigenvalue weighted by atomic mass is 9.86. The Morgan fingerprint density at radius 2 is 1.91 bits per heavy atom. The van der Waals surface area contributed by atoms with Gasteiger partial charge in [-0.25, -0.2) is 0 Å². The fraction of sp³-hybridized carbons (Fsp3) is 0.630. The molecule has 182 valence electrons. The van der Waals surface area contributed by atoms with Crippen LogP contribution in [0.25, 0.3) is 0 Å². The van der Waals surface area contributed by atoms with Gasteiger partial charge in [-0.1, -0.05) is 43.4 Å². The molecule has 2 saturated heterocycles. The topological polar surface area (TPSA) is 48.4 Å². The number of hydrogen-bond acceptors (Lipinski definition) is 6. The molecule has 1 aromatic rings. The van der Waals surface area contributed by atoms with E-state index in [0.29, 0.717) is 12.3 Å². The number of aliphatic hydroxyl groups is 1. The van der Waals surface area contributed by atoms with Gasteiger partial charge in [0.2, 0.25) is 0 Å². The molecular formula is C27H41N3O3. The summed E-state index contributed by atoms with van der Waals surface area (Å²) in [6.07, 6.45) is 12.2. The highest BCUT2D eigenvalue weighted by atomic mass is 16.5. The minimum Gasteiger partial charge on any atom is -0.495 e. The summed E-state index contributed by atoms with van der Waals surface area (Å²) in [6.45, 7) is 9.85. The van der Waals surface area contributed by atoms with Crippen LogP contribution < -0.4 is 9.64 Å². The van der Waals surface area contributed by atoms with Crippen LogP contribution in [-0.4, -0.2) is 86.3 Å². The molecule has 4 rings (SSSR count). The average Bonchev–Trinajstić information content (AvgIpc) is 2.88. The first-order valence-electron chi connectivity index (χ1n) is 12.6. The second-order valence-electron chi connectivity index (χ2n) is 9.62. The Morgan fingerprint density at radius 1 is 1.15 bits per heavy atom. The van der Waals surface area contributed by atoms with E-state index in [2.05, 4.69) is 45.1 Å². The molecule has 1 N–H and O–H groups in total. The molecule has 6 nitrogen and oxygen atoms in total. The minimum absolute atomic E-state index is 0.00514. The van der Waals surface area contributed by atoms with Crippen molar-refractivity contribution in [3.05, 3.63) is 48.6 Å². The summed E-state index contributed by atoms with van der Waals surface area (Å²) >= 11 is 0. The highest BCUT2D eigenvalue weighted by Crippen LogP contribution is 2.36. The Balaban J connectivity index is 1.49. The molecule has 0 amide bonds. The van der Waals surface area contributed by atoms with Gasteiger partial charge >= 0.3 is 0 Å². The van der Waals surface area contributed by atoms with Crippen molar-refractivity contribution in [2.24, 2.45) is 5.92 Å². The number of benzene rings is 1. The van der Waals surface area contributed by atoms with Gasteiger partial charge in [0.25, 0.3) is 0 Å². The average molecular weight is 456 g/mol. The summed E-state index contributed by atoms with van der Waals surface area (Å²) in [5.41, 5.74) is 0.963. The van der Waals surface area contributed by atoms with E-state index < -0.39 is 6.23 Å². The maximum Gasteiger partial charge on any atom is 0.142 e. The van der Waals surface area contributed by atoms with E-state index in [0.717, 1.165) is 83.2 Å². The molecule has 2 heterocycles. The lowest BCUT2D eigenvalue weighted by Crippen LogP contribution is -2.64. The number of rotatable bonds is 9. The standard InChI is InChI=1S/C27H41N3O3/c1-3-26(31)30(24-11-7-8-12-25(24)32-2)22-27(13-19-33-20-14-27)29-17-15-28(16-18-29)21-23-9-5-4-6-10-23/h4-9,11-12,23,26,31H,3,10,13-22H2,1-2H3. The van der Waals surface area contributed by atoms with Crippen LogP contribution in [0.1, 0.15) is 32.6 Å². The Labute approximate surface area is 199 Å². The predicted octanol–water partition coefficient (Wildman–Crippen LogP) is 3.53. The van der Waals surface area contributed by atoms with E-state index in [4.69, 9.17) is 9.47 Å². The van der Waals surface area contributed by atoms with E-state index in [1.165, 1.54) is 0 Å². The molecule has 0 radical (unpaired) electrons. The summed E-state index contributed by atoms with van der Waals surface area (Å²) in [5.74, 6) is 1.45. The lowest BCUT2D eigenvalue weighted by Gasteiger charge is -2.52. The van der Waals surface area contributed by atoms with Gasteiger partial charge in [-0.15, -0.1) is 0 Å². The van der Waals surface area contributed by atoms with Crippen molar-refractivity contribution in [2.75, 3.05) is 64.5 Å². The van der Waals surface area contributed by atoms with Crippen molar-refractivity contribution in [1.29, 1.82) is 0 Å². The van der Waals surface area contributed by atoms with Crippen LogP contribution >= 0.6 is 0 Å². The maximum absolute atomic E-state index is 11.1. The lowest BCUT2D eigenvalue weighted by molar-refractivity contribution is -0.0476. The van der Waals surface area contributed by atoms with Gasteiger partial charge in [0.15, 0.2) is 0 Å². The molecule has 2 atom stereocenters. The third-order valence-electron chi connectivity index (χ3n) is 7.61. The number of ether oxygens (including phenoxy) is 2. The summed E-state index contributed by atoms with van der Waals surface area (Å²) in [4.78, 5) is 7.47. The molecule has 0 aromatic heterocycles. The number of aliphatic hydroxyl groups excluding tert-OH is 1. The number of nitrogens with zero attached hydrogens (tertiary/aromatic N) is 3. The molecule has 1 aromatic carbocycles. The van der Waals surface area contributed by atoms with Crippen molar-refractivity contribution < 1.29 is 14.6 Å². The molecule has 2 aliphatic heterocycles.